The molecule has 8 heteroatoms. The zero-order valence-corrected chi connectivity index (χ0v) is 16.6. The van der Waals surface area contributed by atoms with Crippen LogP contribution in [0.15, 0.2) is 40.5 Å². The first-order chi connectivity index (χ1) is 12.4. The van der Waals surface area contributed by atoms with Crippen molar-refractivity contribution in [1.29, 1.82) is 0 Å². The molecule has 0 aliphatic carbocycles. The second kappa shape index (κ2) is 7.67. The van der Waals surface area contributed by atoms with Crippen molar-refractivity contribution in [3.63, 3.8) is 0 Å². The quantitative estimate of drug-likeness (QED) is 0.781. The highest BCUT2D eigenvalue weighted by atomic mass is 32.2. The number of carbonyl (C=O) groups is 1. The molecule has 0 radical (unpaired) electrons. The molecule has 1 aromatic heterocycles. The minimum atomic E-state index is -0.391. The average Bonchev–Trinajstić information content (AvgIpc) is 2.62. The molecule has 3 N–H and O–H groups in total. The molecule has 1 atom stereocenters. The Kier molecular flexibility index (Phi) is 5.52. The van der Waals surface area contributed by atoms with Crippen LogP contribution in [0.3, 0.4) is 0 Å². The number of amides is 1. The van der Waals surface area contributed by atoms with Crippen molar-refractivity contribution in [2.75, 3.05) is 17.3 Å². The molecule has 26 heavy (non-hydrogen) atoms. The van der Waals surface area contributed by atoms with Gasteiger partial charge in [-0.25, -0.2) is 4.98 Å². The summed E-state index contributed by atoms with van der Waals surface area (Å²) in [6.07, 6.45) is 5.99. The zero-order chi connectivity index (χ0) is 18.7. The lowest BCUT2D eigenvalue weighted by molar-refractivity contribution is 0.102. The first-order valence-electron chi connectivity index (χ1n) is 8.18. The van der Waals surface area contributed by atoms with E-state index in [0.717, 1.165) is 28.3 Å². The van der Waals surface area contributed by atoms with E-state index in [4.69, 9.17) is 10.7 Å². The van der Waals surface area contributed by atoms with Crippen LogP contribution in [-0.2, 0) is 5.54 Å². The molecule has 1 aliphatic heterocycles. The smallest absolute Gasteiger partial charge is 0.275 e. The Morgan fingerprint density at radius 2 is 2.15 bits per heavy atom. The number of anilines is 1. The van der Waals surface area contributed by atoms with Crippen LogP contribution in [-0.4, -0.2) is 33.1 Å². The molecule has 1 aliphatic rings. The highest BCUT2D eigenvalue weighted by Gasteiger charge is 2.32. The van der Waals surface area contributed by atoms with Gasteiger partial charge in [-0.1, -0.05) is 11.8 Å². The summed E-state index contributed by atoms with van der Waals surface area (Å²) in [4.78, 5) is 26.5. The van der Waals surface area contributed by atoms with Gasteiger partial charge in [-0.05, 0) is 50.3 Å². The van der Waals surface area contributed by atoms with E-state index in [9.17, 15) is 4.79 Å². The predicted molar refractivity (Wildman–Crippen MR) is 109 cm³/mol. The first kappa shape index (κ1) is 18.7. The number of benzene rings is 1. The molecule has 6 nitrogen and oxygen atoms in total. The van der Waals surface area contributed by atoms with E-state index in [2.05, 4.69) is 22.2 Å². The van der Waals surface area contributed by atoms with Crippen molar-refractivity contribution in [3.05, 3.63) is 47.5 Å². The molecule has 3 rings (SSSR count). The Bertz CT molecular complexity index is 853. The molecule has 2 heterocycles. The van der Waals surface area contributed by atoms with E-state index in [1.165, 1.54) is 6.20 Å². The minimum Gasteiger partial charge on any atom is -0.379 e. The summed E-state index contributed by atoms with van der Waals surface area (Å²) in [5, 5.41) is 3.51. The molecular weight excluding hydrogens is 366 g/mol. The number of aryl methyl sites for hydroxylation is 1. The lowest BCUT2D eigenvalue weighted by atomic mass is 9.89. The highest BCUT2D eigenvalue weighted by molar-refractivity contribution is 8.13. The second-order valence-corrected chi connectivity index (χ2v) is 8.20. The van der Waals surface area contributed by atoms with Gasteiger partial charge in [-0.15, -0.1) is 11.8 Å². The number of thioether (sulfide) groups is 2. The fourth-order valence-electron chi connectivity index (χ4n) is 2.79. The Morgan fingerprint density at radius 3 is 2.81 bits per heavy atom. The van der Waals surface area contributed by atoms with Crippen LogP contribution in [0.2, 0.25) is 0 Å². The van der Waals surface area contributed by atoms with E-state index in [-0.39, 0.29) is 11.6 Å². The number of hydrogen-bond acceptors (Lipinski definition) is 7. The number of rotatable bonds is 4. The maximum Gasteiger partial charge on any atom is 0.275 e. The zero-order valence-electron chi connectivity index (χ0n) is 14.9. The van der Waals surface area contributed by atoms with Gasteiger partial charge in [0.05, 0.1) is 17.4 Å². The summed E-state index contributed by atoms with van der Waals surface area (Å²) >= 11 is 3.24. The molecule has 1 amide bonds. The number of carbonyl (C=O) groups excluding carboxylic acids is 1. The normalized spacial score (nSPS) is 19.7. The summed E-state index contributed by atoms with van der Waals surface area (Å²) in [6.45, 7) is 3.92. The van der Waals surface area contributed by atoms with Gasteiger partial charge in [0.2, 0.25) is 0 Å². The molecule has 0 spiro atoms. The fourth-order valence-corrected chi connectivity index (χ4v) is 4.47. The van der Waals surface area contributed by atoms with Gasteiger partial charge in [0.25, 0.3) is 5.91 Å². The predicted octanol–water partition coefficient (Wildman–Crippen LogP) is 3.43. The van der Waals surface area contributed by atoms with Crippen molar-refractivity contribution in [1.82, 2.24) is 9.97 Å². The molecule has 0 unspecified atom stereocenters. The van der Waals surface area contributed by atoms with E-state index in [0.29, 0.717) is 10.9 Å². The van der Waals surface area contributed by atoms with Gasteiger partial charge >= 0.3 is 0 Å². The molecule has 0 saturated carbocycles. The van der Waals surface area contributed by atoms with Crippen LogP contribution in [0.5, 0.6) is 0 Å². The first-order valence-corrected chi connectivity index (χ1v) is 10.4. The summed E-state index contributed by atoms with van der Waals surface area (Å²) in [7, 11) is 0. The number of nitrogens with one attached hydrogen (secondary N) is 1. The van der Waals surface area contributed by atoms with Gasteiger partial charge in [0, 0.05) is 22.5 Å². The Hall–Kier alpha value is -2.06. The Balaban J connectivity index is 1.91. The molecule has 2 aromatic rings. The van der Waals surface area contributed by atoms with Crippen LogP contribution < -0.4 is 11.1 Å². The van der Waals surface area contributed by atoms with Gasteiger partial charge < -0.3 is 11.1 Å². The van der Waals surface area contributed by atoms with Crippen LogP contribution in [0.25, 0.3) is 0 Å². The van der Waals surface area contributed by atoms with Crippen molar-refractivity contribution in [3.8, 4) is 0 Å². The summed E-state index contributed by atoms with van der Waals surface area (Å²) in [6, 6.07) is 5.89. The van der Waals surface area contributed by atoms with Crippen molar-refractivity contribution in [2.45, 2.75) is 30.7 Å². The number of aromatic nitrogens is 2. The van der Waals surface area contributed by atoms with Gasteiger partial charge in [0.15, 0.2) is 5.17 Å². The topological polar surface area (TPSA) is 93.3 Å². The maximum atomic E-state index is 12.4. The fraction of sp³-hybridized carbons (Fsp3) is 0.333. The third-order valence-corrected chi connectivity index (χ3v) is 5.84. The number of nitrogens with zero attached hydrogens (tertiary/aromatic N) is 3. The van der Waals surface area contributed by atoms with Crippen molar-refractivity contribution < 1.29 is 4.79 Å². The van der Waals surface area contributed by atoms with E-state index < -0.39 is 5.54 Å². The SMILES string of the molecule is CSc1ccc(NC(=O)c2cnc(C)cn2)cc1[C@]1(C)CCSC(N)=N1. The largest absolute Gasteiger partial charge is 0.379 e. The molecule has 136 valence electrons. The molecular formula is C18H21N5OS2. The van der Waals surface area contributed by atoms with Gasteiger partial charge in [-0.3, -0.25) is 14.8 Å². The van der Waals surface area contributed by atoms with Crippen LogP contribution >= 0.6 is 23.5 Å². The maximum absolute atomic E-state index is 12.4. The van der Waals surface area contributed by atoms with E-state index in [1.54, 1.807) is 29.7 Å². The van der Waals surface area contributed by atoms with Crippen LogP contribution in [0.1, 0.15) is 35.1 Å². The van der Waals surface area contributed by atoms with Gasteiger partial charge in [0.1, 0.15) is 5.69 Å². The van der Waals surface area contributed by atoms with Crippen molar-refractivity contribution in [2.24, 2.45) is 10.7 Å². The lowest BCUT2D eigenvalue weighted by Gasteiger charge is -2.31. The standard InChI is InChI=1S/C18H21N5OS2/c1-11-9-21-14(10-20-11)16(24)22-12-4-5-15(25-3)13(8-12)18(2)6-7-26-17(19)23-18/h4-5,8-10H,6-7H2,1-3H3,(H2,19,23)(H,22,24)/t18-/m0/s1. The summed E-state index contributed by atoms with van der Waals surface area (Å²) in [5.41, 5.74) is 8.41. The third kappa shape index (κ3) is 4.02. The number of aliphatic imine (C=N–C) groups is 1. The Morgan fingerprint density at radius 1 is 1.35 bits per heavy atom. The Labute approximate surface area is 161 Å². The van der Waals surface area contributed by atoms with E-state index in [1.807, 2.05) is 31.4 Å². The van der Waals surface area contributed by atoms with Crippen LogP contribution in [0, 0.1) is 6.92 Å². The van der Waals surface area contributed by atoms with E-state index >= 15 is 0 Å². The second-order valence-electron chi connectivity index (χ2n) is 6.23. The number of nitrogens with two attached hydrogens (primary N) is 1. The number of hydrogen-bond donors (Lipinski definition) is 2. The minimum absolute atomic E-state index is 0.285. The molecule has 1 aromatic carbocycles. The monoisotopic (exact) mass is 387 g/mol. The molecule has 0 saturated heterocycles. The number of amidine groups is 1. The summed E-state index contributed by atoms with van der Waals surface area (Å²) in [5.74, 6) is 0.641. The molecule has 0 fully saturated rings. The van der Waals surface area contributed by atoms with Gasteiger partial charge in [-0.2, -0.15) is 0 Å². The van der Waals surface area contributed by atoms with Crippen molar-refractivity contribution >= 4 is 40.3 Å². The summed E-state index contributed by atoms with van der Waals surface area (Å²) < 4.78 is 0. The third-order valence-electron chi connectivity index (χ3n) is 4.25. The molecule has 0 bridgehead atoms. The van der Waals surface area contributed by atoms with Crippen LogP contribution in [0.4, 0.5) is 5.69 Å². The average molecular weight is 388 g/mol. The lowest BCUT2D eigenvalue weighted by Crippen LogP contribution is -2.29. The highest BCUT2D eigenvalue weighted by Crippen LogP contribution is 2.40.